The molecule has 0 bridgehead atoms. The van der Waals surface area contributed by atoms with Crippen LogP contribution in [-0.2, 0) is 11.3 Å². The summed E-state index contributed by atoms with van der Waals surface area (Å²) in [5.74, 6) is 0.402. The Balaban J connectivity index is 1.71. The van der Waals surface area contributed by atoms with Gasteiger partial charge >= 0.3 is 0 Å². The van der Waals surface area contributed by atoms with Crippen molar-refractivity contribution in [1.82, 2.24) is 20.2 Å². The number of tetrazole rings is 1. The summed E-state index contributed by atoms with van der Waals surface area (Å²) >= 11 is 0. The molecule has 0 saturated carbocycles. The fraction of sp³-hybridized carbons (Fsp3) is 0.125. The number of benzene rings is 2. The van der Waals surface area contributed by atoms with Gasteiger partial charge in [-0.25, -0.2) is 0 Å². The first kappa shape index (κ1) is 13.9. The highest BCUT2D eigenvalue weighted by molar-refractivity contribution is 5.92. The standard InChI is InChI=1S/C16H15N5O/c1-20(14-10-6-3-7-11-14)15(22)12-21-18-16(17-19-21)13-8-4-2-5-9-13/h2-11H,12H2,1H3. The van der Waals surface area contributed by atoms with E-state index in [1.165, 1.54) is 4.80 Å². The molecule has 0 spiro atoms. The van der Waals surface area contributed by atoms with Crippen molar-refractivity contribution in [3.63, 3.8) is 0 Å². The molecule has 6 nitrogen and oxygen atoms in total. The van der Waals surface area contributed by atoms with Crippen LogP contribution in [-0.4, -0.2) is 33.2 Å². The molecule has 0 saturated heterocycles. The van der Waals surface area contributed by atoms with E-state index in [1.54, 1.807) is 11.9 Å². The Bertz CT molecular complexity index is 754. The molecular weight excluding hydrogens is 278 g/mol. The molecule has 110 valence electrons. The number of aromatic nitrogens is 4. The van der Waals surface area contributed by atoms with Gasteiger partial charge in [-0.3, -0.25) is 4.79 Å². The summed E-state index contributed by atoms with van der Waals surface area (Å²) in [7, 11) is 1.73. The zero-order valence-corrected chi connectivity index (χ0v) is 12.1. The Morgan fingerprint density at radius 3 is 2.36 bits per heavy atom. The summed E-state index contributed by atoms with van der Waals surface area (Å²) < 4.78 is 0. The van der Waals surface area contributed by atoms with Crippen LogP contribution in [0, 0.1) is 0 Å². The number of carbonyl (C=O) groups is 1. The average Bonchev–Trinajstić information content (AvgIpc) is 3.04. The van der Waals surface area contributed by atoms with Crippen LogP contribution in [0.25, 0.3) is 11.4 Å². The molecule has 2 aromatic carbocycles. The minimum atomic E-state index is -0.108. The summed E-state index contributed by atoms with van der Waals surface area (Å²) in [5.41, 5.74) is 1.70. The summed E-state index contributed by atoms with van der Waals surface area (Å²) in [4.78, 5) is 15.1. The van der Waals surface area contributed by atoms with Crippen molar-refractivity contribution in [2.24, 2.45) is 0 Å². The van der Waals surface area contributed by atoms with E-state index < -0.39 is 0 Å². The zero-order chi connectivity index (χ0) is 15.4. The Hall–Kier alpha value is -3.02. The van der Waals surface area contributed by atoms with Crippen LogP contribution in [0.2, 0.25) is 0 Å². The van der Waals surface area contributed by atoms with Crippen molar-refractivity contribution in [2.75, 3.05) is 11.9 Å². The van der Waals surface area contributed by atoms with Gasteiger partial charge in [0.25, 0.3) is 0 Å². The predicted octanol–water partition coefficient (Wildman–Crippen LogP) is 2.00. The summed E-state index contributed by atoms with van der Waals surface area (Å²) in [6.07, 6.45) is 0. The number of likely N-dealkylation sites (N-methyl/N-ethyl adjacent to an activating group) is 1. The molecule has 0 radical (unpaired) electrons. The van der Waals surface area contributed by atoms with E-state index in [9.17, 15) is 4.79 Å². The van der Waals surface area contributed by atoms with Crippen LogP contribution >= 0.6 is 0 Å². The van der Waals surface area contributed by atoms with Gasteiger partial charge in [0, 0.05) is 18.3 Å². The SMILES string of the molecule is CN(C(=O)Cn1nnc(-c2ccccc2)n1)c1ccccc1. The Morgan fingerprint density at radius 2 is 1.68 bits per heavy atom. The quantitative estimate of drug-likeness (QED) is 0.738. The van der Waals surface area contributed by atoms with E-state index in [4.69, 9.17) is 0 Å². The van der Waals surface area contributed by atoms with Crippen molar-refractivity contribution in [3.05, 3.63) is 60.7 Å². The molecule has 22 heavy (non-hydrogen) atoms. The van der Waals surface area contributed by atoms with E-state index in [2.05, 4.69) is 15.4 Å². The van der Waals surface area contributed by atoms with E-state index in [0.717, 1.165) is 11.3 Å². The summed E-state index contributed by atoms with van der Waals surface area (Å²) in [6, 6.07) is 19.0. The molecule has 1 aromatic heterocycles. The van der Waals surface area contributed by atoms with Crippen molar-refractivity contribution < 1.29 is 4.79 Å². The van der Waals surface area contributed by atoms with Crippen LogP contribution < -0.4 is 4.90 Å². The first-order chi connectivity index (χ1) is 10.7. The lowest BCUT2D eigenvalue weighted by Crippen LogP contribution is -2.30. The number of hydrogen-bond acceptors (Lipinski definition) is 4. The third-order valence-corrected chi connectivity index (χ3v) is 3.28. The number of carbonyl (C=O) groups excluding carboxylic acids is 1. The van der Waals surface area contributed by atoms with Crippen LogP contribution in [0.5, 0.6) is 0 Å². The van der Waals surface area contributed by atoms with Crippen LogP contribution in [0.3, 0.4) is 0 Å². The van der Waals surface area contributed by atoms with E-state index >= 15 is 0 Å². The predicted molar refractivity (Wildman–Crippen MR) is 83.1 cm³/mol. The lowest BCUT2D eigenvalue weighted by Gasteiger charge is -2.16. The van der Waals surface area contributed by atoms with Gasteiger partial charge in [0.1, 0.15) is 6.54 Å². The van der Waals surface area contributed by atoms with E-state index in [-0.39, 0.29) is 12.5 Å². The van der Waals surface area contributed by atoms with Gasteiger partial charge in [0.15, 0.2) is 0 Å². The third-order valence-electron chi connectivity index (χ3n) is 3.28. The lowest BCUT2D eigenvalue weighted by atomic mass is 10.2. The second kappa shape index (κ2) is 6.17. The van der Waals surface area contributed by atoms with Crippen molar-refractivity contribution in [3.8, 4) is 11.4 Å². The normalized spacial score (nSPS) is 10.4. The second-order valence-corrected chi connectivity index (χ2v) is 4.80. The molecule has 0 aliphatic rings. The van der Waals surface area contributed by atoms with Crippen LogP contribution in [0.1, 0.15) is 0 Å². The first-order valence-corrected chi connectivity index (χ1v) is 6.89. The van der Waals surface area contributed by atoms with Gasteiger partial charge in [-0.2, -0.15) is 4.80 Å². The third kappa shape index (κ3) is 3.01. The van der Waals surface area contributed by atoms with Crippen LogP contribution in [0.15, 0.2) is 60.7 Å². The number of hydrogen-bond donors (Lipinski definition) is 0. The first-order valence-electron chi connectivity index (χ1n) is 6.89. The largest absolute Gasteiger partial charge is 0.314 e. The van der Waals surface area contributed by atoms with Gasteiger partial charge in [0.05, 0.1) is 0 Å². The molecular formula is C16H15N5O. The second-order valence-electron chi connectivity index (χ2n) is 4.80. The maximum atomic E-state index is 12.3. The minimum Gasteiger partial charge on any atom is -0.314 e. The summed E-state index contributed by atoms with van der Waals surface area (Å²) in [5, 5.41) is 12.2. The monoisotopic (exact) mass is 293 g/mol. The van der Waals surface area contributed by atoms with Gasteiger partial charge < -0.3 is 4.90 Å². The molecule has 3 aromatic rings. The molecule has 0 aliphatic carbocycles. The molecule has 3 rings (SSSR count). The number of para-hydroxylation sites is 1. The van der Waals surface area contributed by atoms with Gasteiger partial charge in [-0.05, 0) is 17.3 Å². The number of anilines is 1. The van der Waals surface area contributed by atoms with Gasteiger partial charge in [0.2, 0.25) is 11.7 Å². The maximum absolute atomic E-state index is 12.3. The molecule has 0 unspecified atom stereocenters. The highest BCUT2D eigenvalue weighted by atomic mass is 16.2. The lowest BCUT2D eigenvalue weighted by molar-refractivity contribution is -0.119. The fourth-order valence-corrected chi connectivity index (χ4v) is 2.04. The number of rotatable bonds is 4. The Kier molecular flexibility index (Phi) is 3.91. The highest BCUT2D eigenvalue weighted by Gasteiger charge is 2.14. The van der Waals surface area contributed by atoms with Gasteiger partial charge in [-0.15, -0.1) is 10.2 Å². The minimum absolute atomic E-state index is 0.0469. The molecule has 0 N–H and O–H groups in total. The number of nitrogens with zero attached hydrogens (tertiary/aromatic N) is 5. The maximum Gasteiger partial charge on any atom is 0.250 e. The Morgan fingerprint density at radius 1 is 1.05 bits per heavy atom. The number of amides is 1. The molecule has 0 aliphatic heterocycles. The van der Waals surface area contributed by atoms with Crippen LogP contribution in [0.4, 0.5) is 5.69 Å². The van der Waals surface area contributed by atoms with Gasteiger partial charge in [-0.1, -0.05) is 48.5 Å². The fourth-order valence-electron chi connectivity index (χ4n) is 2.04. The van der Waals surface area contributed by atoms with Crippen molar-refractivity contribution in [1.29, 1.82) is 0 Å². The highest BCUT2D eigenvalue weighted by Crippen LogP contribution is 2.13. The van der Waals surface area contributed by atoms with Crippen molar-refractivity contribution >= 4 is 11.6 Å². The molecule has 6 heteroatoms. The van der Waals surface area contributed by atoms with E-state index in [0.29, 0.717) is 5.82 Å². The molecule has 1 heterocycles. The molecule has 0 atom stereocenters. The van der Waals surface area contributed by atoms with Crippen molar-refractivity contribution in [2.45, 2.75) is 6.54 Å². The average molecular weight is 293 g/mol. The topological polar surface area (TPSA) is 63.9 Å². The Labute approximate surface area is 128 Å². The summed E-state index contributed by atoms with van der Waals surface area (Å²) in [6.45, 7) is 0.0469. The zero-order valence-electron chi connectivity index (χ0n) is 12.1. The molecule has 1 amide bonds. The van der Waals surface area contributed by atoms with E-state index in [1.807, 2.05) is 60.7 Å². The smallest absolute Gasteiger partial charge is 0.250 e. The molecule has 0 fully saturated rings.